The van der Waals surface area contributed by atoms with Crippen LogP contribution in [0, 0.1) is 0 Å². The summed E-state index contributed by atoms with van der Waals surface area (Å²) in [5, 5.41) is 2.20. The van der Waals surface area contributed by atoms with Crippen molar-refractivity contribution in [1.82, 2.24) is 19.9 Å². The van der Waals surface area contributed by atoms with E-state index in [2.05, 4.69) is 41.2 Å². The molecule has 32 heavy (non-hydrogen) atoms. The van der Waals surface area contributed by atoms with Gasteiger partial charge in [0.05, 0.1) is 26.3 Å². The van der Waals surface area contributed by atoms with E-state index in [0.717, 1.165) is 17.5 Å². The van der Waals surface area contributed by atoms with Gasteiger partial charge in [0.25, 0.3) is 5.91 Å². The maximum absolute atomic E-state index is 13.0. The van der Waals surface area contributed by atoms with Gasteiger partial charge in [-0.05, 0) is 22.0 Å². The van der Waals surface area contributed by atoms with E-state index in [4.69, 9.17) is 17.3 Å². The van der Waals surface area contributed by atoms with E-state index >= 15 is 0 Å². The molecular weight excluding hydrogens is 537 g/mol. The number of nitrogens with two attached hydrogens (primary N) is 1. The lowest BCUT2D eigenvalue weighted by atomic mass is 10.0. The number of nitrogens with one attached hydrogen (secondary N) is 1. The van der Waals surface area contributed by atoms with Gasteiger partial charge in [-0.25, -0.2) is 19.9 Å². The number of thiazole rings is 1. The van der Waals surface area contributed by atoms with E-state index in [1.807, 2.05) is 0 Å². The number of nitrogens with zero attached hydrogens (tertiary/aromatic N) is 4. The highest BCUT2D eigenvalue weighted by Gasteiger charge is 2.34. The predicted molar refractivity (Wildman–Crippen MR) is 116 cm³/mol. The number of nitrogen functional groups attached to an aromatic ring is 1. The minimum atomic E-state index is -4.69. The highest BCUT2D eigenvalue weighted by atomic mass is 79.9. The quantitative estimate of drug-likeness (QED) is 0.416. The second-order valence-corrected chi connectivity index (χ2v) is 8.78. The van der Waals surface area contributed by atoms with Crippen LogP contribution in [0.3, 0.4) is 0 Å². The first-order chi connectivity index (χ1) is 15.0. The summed E-state index contributed by atoms with van der Waals surface area (Å²) in [5.74, 6) is -1.53. The molecule has 0 aromatic carbocycles. The molecule has 3 rings (SSSR count). The smallest absolute Gasteiger partial charge is 0.383 e. The van der Waals surface area contributed by atoms with E-state index in [1.165, 1.54) is 12.5 Å². The third kappa shape index (κ3) is 5.40. The molecule has 1 amide bonds. The Morgan fingerprint density at radius 3 is 2.66 bits per heavy atom. The summed E-state index contributed by atoms with van der Waals surface area (Å²) in [7, 11) is 0. The lowest BCUT2D eigenvalue weighted by molar-refractivity contribution is -0.137. The first kappa shape index (κ1) is 24.0. The molecule has 0 spiro atoms. The highest BCUT2D eigenvalue weighted by molar-refractivity contribution is 9.10. The summed E-state index contributed by atoms with van der Waals surface area (Å²) >= 11 is 9.72. The van der Waals surface area contributed by atoms with Crippen LogP contribution in [0.2, 0.25) is 5.02 Å². The van der Waals surface area contributed by atoms with E-state index < -0.39 is 22.7 Å². The molecule has 0 saturated carbocycles. The molecule has 3 aromatic heterocycles. The van der Waals surface area contributed by atoms with Crippen molar-refractivity contribution >= 4 is 62.2 Å². The maximum atomic E-state index is 13.0. The number of pyridine rings is 1. The van der Waals surface area contributed by atoms with Crippen LogP contribution in [0.1, 0.15) is 50.0 Å². The van der Waals surface area contributed by atoms with Crippen molar-refractivity contribution < 1.29 is 22.8 Å². The Bertz CT molecular complexity index is 1190. The molecule has 0 unspecified atom stereocenters. The van der Waals surface area contributed by atoms with Crippen LogP contribution in [0.15, 0.2) is 29.3 Å². The van der Waals surface area contributed by atoms with Gasteiger partial charge >= 0.3 is 6.18 Å². The number of amides is 1. The van der Waals surface area contributed by atoms with Crippen LogP contribution < -0.4 is 11.1 Å². The molecule has 0 aliphatic carbocycles. The lowest BCUT2D eigenvalue weighted by Gasteiger charge is -2.10. The van der Waals surface area contributed by atoms with Gasteiger partial charge in [-0.15, -0.1) is 11.3 Å². The van der Waals surface area contributed by atoms with Gasteiger partial charge in [-0.2, -0.15) is 13.2 Å². The fraction of sp³-hybridized carbons (Fsp3) is 0.222. The van der Waals surface area contributed by atoms with E-state index in [0.29, 0.717) is 15.5 Å². The number of rotatable bonds is 6. The Morgan fingerprint density at radius 2 is 1.97 bits per heavy atom. The number of ketones is 1. The highest BCUT2D eigenvalue weighted by Crippen LogP contribution is 2.35. The average molecular weight is 550 g/mol. The predicted octanol–water partition coefficient (Wildman–Crippen LogP) is 4.97. The third-order valence-electron chi connectivity index (χ3n) is 4.14. The fourth-order valence-electron chi connectivity index (χ4n) is 2.56. The SMILES string of the molecule is C[C@@H](CC(=O)c1ncnc(N)c1Br)c1ncc(C(=O)Nc2cc(C(F)(F)F)c(Cl)cn2)s1. The molecule has 0 bridgehead atoms. The number of carbonyl (C=O) groups excluding carboxylic acids is 2. The minimum Gasteiger partial charge on any atom is -0.383 e. The van der Waals surface area contributed by atoms with Crippen molar-refractivity contribution in [3.63, 3.8) is 0 Å². The molecule has 14 heteroatoms. The van der Waals surface area contributed by atoms with Gasteiger partial charge < -0.3 is 11.1 Å². The Balaban J connectivity index is 1.70. The van der Waals surface area contributed by atoms with Gasteiger partial charge in [0, 0.05) is 18.5 Å². The number of aromatic nitrogens is 4. The van der Waals surface area contributed by atoms with Crippen molar-refractivity contribution in [1.29, 1.82) is 0 Å². The molecule has 168 valence electrons. The number of halogens is 5. The van der Waals surface area contributed by atoms with E-state index in [-0.39, 0.29) is 40.3 Å². The van der Waals surface area contributed by atoms with Crippen LogP contribution in [-0.4, -0.2) is 31.6 Å². The zero-order valence-electron chi connectivity index (χ0n) is 16.1. The summed E-state index contributed by atoms with van der Waals surface area (Å²) in [6.07, 6.45) is -1.39. The summed E-state index contributed by atoms with van der Waals surface area (Å²) in [4.78, 5) is 40.7. The van der Waals surface area contributed by atoms with Crippen LogP contribution in [-0.2, 0) is 6.18 Å². The number of carbonyl (C=O) groups is 2. The van der Waals surface area contributed by atoms with Gasteiger partial charge in [0.15, 0.2) is 5.78 Å². The Kier molecular flexibility index (Phi) is 7.10. The fourth-order valence-corrected chi connectivity index (χ4v) is 4.06. The molecule has 3 aromatic rings. The van der Waals surface area contributed by atoms with Gasteiger partial charge in [-0.3, -0.25) is 9.59 Å². The summed E-state index contributed by atoms with van der Waals surface area (Å²) in [5.41, 5.74) is 4.68. The minimum absolute atomic E-state index is 0.0390. The summed E-state index contributed by atoms with van der Waals surface area (Å²) in [6.45, 7) is 1.74. The second-order valence-electron chi connectivity index (χ2n) is 6.51. The normalized spacial score (nSPS) is 12.4. The molecule has 8 nitrogen and oxygen atoms in total. The molecular formula is C18H13BrClF3N6O2S. The zero-order valence-corrected chi connectivity index (χ0v) is 19.2. The van der Waals surface area contributed by atoms with Crippen LogP contribution in [0.25, 0.3) is 0 Å². The Hall–Kier alpha value is -2.64. The number of alkyl halides is 3. The molecule has 0 radical (unpaired) electrons. The van der Waals surface area contributed by atoms with Crippen molar-refractivity contribution in [2.24, 2.45) is 0 Å². The van der Waals surface area contributed by atoms with Gasteiger partial charge in [0.1, 0.15) is 28.5 Å². The number of hydrogen-bond acceptors (Lipinski definition) is 8. The molecule has 0 saturated heterocycles. The van der Waals surface area contributed by atoms with E-state index in [9.17, 15) is 22.8 Å². The first-order valence-corrected chi connectivity index (χ1v) is 10.7. The summed E-state index contributed by atoms with van der Waals surface area (Å²) < 4.78 is 39.2. The Labute approximate surface area is 196 Å². The third-order valence-corrected chi connectivity index (χ3v) is 6.45. The van der Waals surface area contributed by atoms with Crippen LogP contribution >= 0.6 is 38.9 Å². The lowest BCUT2D eigenvalue weighted by Crippen LogP contribution is -2.13. The molecule has 0 fully saturated rings. The van der Waals surface area contributed by atoms with Crippen molar-refractivity contribution in [2.75, 3.05) is 11.1 Å². The zero-order chi connectivity index (χ0) is 23.6. The van der Waals surface area contributed by atoms with Crippen molar-refractivity contribution in [3.8, 4) is 0 Å². The monoisotopic (exact) mass is 548 g/mol. The number of Topliss-reactive ketones (excluding diaryl/α,β-unsaturated/α-hetero) is 1. The van der Waals surface area contributed by atoms with Crippen molar-refractivity contribution in [2.45, 2.75) is 25.4 Å². The molecule has 1 atom stereocenters. The van der Waals surface area contributed by atoms with Crippen molar-refractivity contribution in [3.05, 3.63) is 55.4 Å². The van der Waals surface area contributed by atoms with E-state index in [1.54, 1.807) is 6.92 Å². The second kappa shape index (κ2) is 9.46. The largest absolute Gasteiger partial charge is 0.418 e. The van der Waals surface area contributed by atoms with Crippen LogP contribution in [0.4, 0.5) is 24.8 Å². The Morgan fingerprint density at radius 1 is 1.25 bits per heavy atom. The standard InChI is InChI=1S/C18H13BrClF3N6O2S/c1-7(2-10(30)14-13(19)15(24)28-6-27-14)17-26-5-11(32-17)16(31)29-12-3-8(18(21,22)23)9(20)4-25-12/h3-7H,2H2,1H3,(H2,24,27,28)(H,25,29,31)/t7-/m0/s1. The number of anilines is 2. The topological polar surface area (TPSA) is 124 Å². The molecule has 3 N–H and O–H groups in total. The average Bonchev–Trinajstić information content (AvgIpc) is 3.21. The molecule has 3 heterocycles. The summed E-state index contributed by atoms with van der Waals surface area (Å²) in [6, 6.07) is 0.648. The first-order valence-electron chi connectivity index (χ1n) is 8.76. The number of hydrogen-bond donors (Lipinski definition) is 2. The molecule has 0 aliphatic heterocycles. The molecule has 0 aliphatic rings. The van der Waals surface area contributed by atoms with Gasteiger partial charge in [0.2, 0.25) is 0 Å². The maximum Gasteiger partial charge on any atom is 0.418 e. The van der Waals surface area contributed by atoms with Crippen LogP contribution in [0.5, 0.6) is 0 Å². The van der Waals surface area contributed by atoms with Gasteiger partial charge in [-0.1, -0.05) is 18.5 Å².